The fraction of sp³-hybridized carbons (Fsp3) is 0.167. The Labute approximate surface area is 158 Å². The highest BCUT2D eigenvalue weighted by molar-refractivity contribution is 5.70. The molecule has 1 atom stereocenters. The molecule has 0 amide bonds. The highest BCUT2D eigenvalue weighted by Gasteiger charge is 2.13. The van der Waals surface area contributed by atoms with Crippen LogP contribution < -0.4 is 4.74 Å². The third-order valence-corrected chi connectivity index (χ3v) is 4.30. The van der Waals surface area contributed by atoms with Gasteiger partial charge < -0.3 is 4.74 Å². The SMILES string of the molecule is CCOc1ccc(C=Cc2ccc(C[C@@H](F)c3ccccc3)c(F)c2)cc1. The molecule has 0 spiro atoms. The van der Waals surface area contributed by atoms with E-state index in [9.17, 15) is 8.78 Å². The summed E-state index contributed by atoms with van der Waals surface area (Å²) in [4.78, 5) is 0. The Kier molecular flexibility index (Phi) is 6.37. The minimum atomic E-state index is -1.22. The van der Waals surface area contributed by atoms with Crippen molar-refractivity contribution in [1.82, 2.24) is 0 Å². The molecule has 0 radical (unpaired) electrons. The van der Waals surface area contributed by atoms with Crippen LogP contribution in [-0.4, -0.2) is 6.61 Å². The van der Waals surface area contributed by atoms with Crippen LogP contribution in [0.25, 0.3) is 12.2 Å². The third-order valence-electron chi connectivity index (χ3n) is 4.30. The Balaban J connectivity index is 1.67. The molecule has 0 bridgehead atoms. The summed E-state index contributed by atoms with van der Waals surface area (Å²) < 4.78 is 34.2. The summed E-state index contributed by atoms with van der Waals surface area (Å²) in [5, 5.41) is 0. The molecule has 0 saturated carbocycles. The highest BCUT2D eigenvalue weighted by atomic mass is 19.1. The van der Waals surface area contributed by atoms with Gasteiger partial charge in [0.05, 0.1) is 6.61 Å². The van der Waals surface area contributed by atoms with Crippen molar-refractivity contribution in [3.63, 3.8) is 0 Å². The fourth-order valence-electron chi connectivity index (χ4n) is 2.84. The molecule has 138 valence electrons. The van der Waals surface area contributed by atoms with Crippen molar-refractivity contribution >= 4 is 12.2 Å². The number of benzene rings is 3. The monoisotopic (exact) mass is 364 g/mol. The molecule has 0 fully saturated rings. The van der Waals surface area contributed by atoms with Crippen molar-refractivity contribution in [2.75, 3.05) is 6.61 Å². The van der Waals surface area contributed by atoms with Crippen LogP contribution in [0.3, 0.4) is 0 Å². The summed E-state index contributed by atoms with van der Waals surface area (Å²) in [7, 11) is 0. The second kappa shape index (κ2) is 9.13. The van der Waals surface area contributed by atoms with E-state index in [4.69, 9.17) is 4.74 Å². The lowest BCUT2D eigenvalue weighted by Crippen LogP contribution is -1.99. The van der Waals surface area contributed by atoms with Crippen LogP contribution in [0.4, 0.5) is 8.78 Å². The van der Waals surface area contributed by atoms with Gasteiger partial charge in [0.2, 0.25) is 0 Å². The van der Waals surface area contributed by atoms with E-state index in [1.165, 1.54) is 6.07 Å². The molecule has 3 aromatic rings. The van der Waals surface area contributed by atoms with E-state index in [2.05, 4.69) is 0 Å². The maximum Gasteiger partial charge on any atom is 0.129 e. The van der Waals surface area contributed by atoms with Crippen LogP contribution in [-0.2, 0) is 6.42 Å². The molecule has 0 aliphatic carbocycles. The Morgan fingerprint density at radius 2 is 1.56 bits per heavy atom. The summed E-state index contributed by atoms with van der Waals surface area (Å²) in [5.74, 6) is 0.437. The van der Waals surface area contributed by atoms with Crippen molar-refractivity contribution in [2.24, 2.45) is 0 Å². The van der Waals surface area contributed by atoms with E-state index in [1.54, 1.807) is 36.4 Å². The first-order chi connectivity index (χ1) is 13.2. The number of halogens is 2. The van der Waals surface area contributed by atoms with Crippen LogP contribution in [0.15, 0.2) is 72.8 Å². The van der Waals surface area contributed by atoms with Crippen molar-refractivity contribution in [2.45, 2.75) is 19.5 Å². The second-order valence-corrected chi connectivity index (χ2v) is 6.27. The molecule has 3 rings (SSSR count). The smallest absolute Gasteiger partial charge is 0.129 e. The van der Waals surface area contributed by atoms with E-state index in [-0.39, 0.29) is 12.2 Å². The van der Waals surface area contributed by atoms with Gasteiger partial charge in [0.15, 0.2) is 0 Å². The number of ether oxygens (including phenoxy) is 1. The molecule has 0 aliphatic rings. The van der Waals surface area contributed by atoms with Crippen LogP contribution in [0.2, 0.25) is 0 Å². The zero-order valence-electron chi connectivity index (χ0n) is 15.2. The molecule has 27 heavy (non-hydrogen) atoms. The van der Waals surface area contributed by atoms with E-state index >= 15 is 0 Å². The summed E-state index contributed by atoms with van der Waals surface area (Å²) in [6.07, 6.45) is 2.56. The lowest BCUT2D eigenvalue weighted by Gasteiger charge is -2.10. The molecule has 3 heteroatoms. The minimum absolute atomic E-state index is 0.0265. The first kappa shape index (κ1) is 18.8. The summed E-state index contributed by atoms with van der Waals surface area (Å²) in [5.41, 5.74) is 2.68. The van der Waals surface area contributed by atoms with Gasteiger partial charge >= 0.3 is 0 Å². The van der Waals surface area contributed by atoms with Gasteiger partial charge in [0.25, 0.3) is 0 Å². The average molecular weight is 364 g/mol. The quantitative estimate of drug-likeness (QED) is 0.427. The average Bonchev–Trinajstić information content (AvgIpc) is 2.70. The molecule has 0 aromatic heterocycles. The van der Waals surface area contributed by atoms with Gasteiger partial charge in [-0.05, 0) is 47.4 Å². The first-order valence-electron chi connectivity index (χ1n) is 9.04. The molecule has 0 saturated heterocycles. The third kappa shape index (κ3) is 5.27. The number of hydrogen-bond donors (Lipinski definition) is 0. The molecule has 0 heterocycles. The molecule has 0 N–H and O–H groups in total. The highest BCUT2D eigenvalue weighted by Crippen LogP contribution is 2.24. The second-order valence-electron chi connectivity index (χ2n) is 6.27. The summed E-state index contributed by atoms with van der Waals surface area (Å²) in [6, 6.07) is 21.4. The summed E-state index contributed by atoms with van der Waals surface area (Å²) >= 11 is 0. The van der Waals surface area contributed by atoms with E-state index < -0.39 is 6.17 Å². The van der Waals surface area contributed by atoms with Crippen molar-refractivity contribution < 1.29 is 13.5 Å². The van der Waals surface area contributed by atoms with E-state index in [0.717, 1.165) is 16.9 Å². The zero-order valence-corrected chi connectivity index (χ0v) is 15.2. The van der Waals surface area contributed by atoms with E-state index in [0.29, 0.717) is 17.7 Å². The molecular weight excluding hydrogens is 342 g/mol. The van der Waals surface area contributed by atoms with Gasteiger partial charge in [0, 0.05) is 6.42 Å². The Morgan fingerprint density at radius 1 is 0.889 bits per heavy atom. The van der Waals surface area contributed by atoms with Crippen LogP contribution in [0.1, 0.15) is 35.3 Å². The summed E-state index contributed by atoms with van der Waals surface area (Å²) in [6.45, 7) is 2.57. The predicted molar refractivity (Wildman–Crippen MR) is 107 cm³/mol. The Hall–Kier alpha value is -2.94. The Morgan fingerprint density at radius 3 is 2.22 bits per heavy atom. The van der Waals surface area contributed by atoms with Crippen LogP contribution in [0.5, 0.6) is 5.75 Å². The normalized spacial score (nSPS) is 12.3. The van der Waals surface area contributed by atoms with Crippen LogP contribution >= 0.6 is 0 Å². The maximum atomic E-state index is 14.4. The van der Waals surface area contributed by atoms with Gasteiger partial charge in [-0.15, -0.1) is 0 Å². The van der Waals surface area contributed by atoms with Crippen LogP contribution in [0, 0.1) is 5.82 Å². The van der Waals surface area contributed by atoms with Crippen molar-refractivity contribution in [3.05, 3.63) is 101 Å². The molecule has 0 aliphatic heterocycles. The first-order valence-corrected chi connectivity index (χ1v) is 9.04. The molecule has 3 aromatic carbocycles. The molecular formula is C24H22F2O. The number of alkyl halides is 1. The standard InChI is InChI=1S/C24H22F2O/c1-2-27-22-14-11-18(12-15-22)8-9-19-10-13-21(23(25)16-19)17-24(26)20-6-4-3-5-7-20/h3-16,24H,2,17H2,1H3/t24-/m1/s1. The van der Waals surface area contributed by atoms with E-state index in [1.807, 2.05) is 49.4 Å². The largest absolute Gasteiger partial charge is 0.494 e. The van der Waals surface area contributed by atoms with Gasteiger partial charge in [-0.3, -0.25) is 0 Å². The Bertz CT molecular complexity index is 886. The van der Waals surface area contributed by atoms with Crippen molar-refractivity contribution in [1.29, 1.82) is 0 Å². The van der Waals surface area contributed by atoms with Crippen molar-refractivity contribution in [3.8, 4) is 5.75 Å². The zero-order chi connectivity index (χ0) is 19.1. The van der Waals surface area contributed by atoms with Gasteiger partial charge in [-0.25, -0.2) is 8.78 Å². The van der Waals surface area contributed by atoms with Gasteiger partial charge in [0.1, 0.15) is 17.7 Å². The number of hydrogen-bond acceptors (Lipinski definition) is 1. The number of rotatable bonds is 7. The maximum absolute atomic E-state index is 14.4. The topological polar surface area (TPSA) is 9.23 Å². The molecule has 0 unspecified atom stereocenters. The lowest BCUT2D eigenvalue weighted by molar-refractivity contribution is 0.338. The van der Waals surface area contributed by atoms with Gasteiger partial charge in [-0.1, -0.05) is 66.7 Å². The molecule has 1 nitrogen and oxygen atoms in total. The minimum Gasteiger partial charge on any atom is -0.494 e. The lowest BCUT2D eigenvalue weighted by atomic mass is 10.0. The predicted octanol–water partition coefficient (Wildman–Crippen LogP) is 6.65. The fourth-order valence-corrected chi connectivity index (χ4v) is 2.84. The van der Waals surface area contributed by atoms with Gasteiger partial charge in [-0.2, -0.15) is 0 Å².